The highest BCUT2D eigenvalue weighted by Gasteiger charge is 2.29. The van der Waals surface area contributed by atoms with Crippen LogP contribution in [-0.4, -0.2) is 61.1 Å². The first-order valence-electron chi connectivity index (χ1n) is 9.02. The Morgan fingerprint density at radius 3 is 2.54 bits per heavy atom. The Balaban J connectivity index is 1.41. The molecule has 0 amide bonds. The molecular formula is C20H20ClN3O3S. The highest BCUT2D eigenvalue weighted by Crippen LogP contribution is 2.22. The van der Waals surface area contributed by atoms with Crippen LogP contribution < -0.4 is 0 Å². The maximum atomic E-state index is 12.8. The standard InChI is InChI=1S/C20H20ClN3O3S/c21-15-4-3-5-16(12-15)28(26,27)24-10-8-23(9-11-24)14-20(25)18-13-22-19-7-2-1-6-17(18)19/h1-7,12-13,22H,8-11,14H2. The van der Waals surface area contributed by atoms with E-state index in [-0.39, 0.29) is 17.2 Å². The lowest BCUT2D eigenvalue weighted by atomic mass is 10.1. The second-order valence-corrected chi connectivity index (χ2v) is 9.18. The maximum Gasteiger partial charge on any atom is 0.243 e. The third kappa shape index (κ3) is 3.71. The smallest absolute Gasteiger partial charge is 0.243 e. The second kappa shape index (κ2) is 7.67. The summed E-state index contributed by atoms with van der Waals surface area (Å²) in [5.41, 5.74) is 1.60. The number of nitrogens with one attached hydrogen (secondary N) is 1. The van der Waals surface area contributed by atoms with E-state index >= 15 is 0 Å². The first-order valence-corrected chi connectivity index (χ1v) is 10.8. The number of piperazine rings is 1. The topological polar surface area (TPSA) is 73.5 Å². The fourth-order valence-electron chi connectivity index (χ4n) is 3.49. The molecule has 146 valence electrons. The molecule has 0 aliphatic carbocycles. The minimum Gasteiger partial charge on any atom is -0.360 e. The van der Waals surface area contributed by atoms with Crippen LogP contribution in [0.1, 0.15) is 10.4 Å². The summed E-state index contributed by atoms with van der Waals surface area (Å²) < 4.78 is 27.0. The molecule has 1 aliphatic heterocycles. The number of H-pyrrole nitrogens is 1. The van der Waals surface area contributed by atoms with Crippen LogP contribution in [0.3, 0.4) is 0 Å². The Bertz CT molecular complexity index is 1120. The molecule has 1 aromatic heterocycles. The summed E-state index contributed by atoms with van der Waals surface area (Å²) in [7, 11) is -3.58. The zero-order valence-corrected chi connectivity index (χ0v) is 16.7. The molecule has 0 atom stereocenters. The van der Waals surface area contributed by atoms with E-state index in [2.05, 4.69) is 4.98 Å². The van der Waals surface area contributed by atoms with Gasteiger partial charge in [0, 0.05) is 53.9 Å². The van der Waals surface area contributed by atoms with Gasteiger partial charge in [0.25, 0.3) is 0 Å². The Hall–Kier alpha value is -2.19. The SMILES string of the molecule is O=C(CN1CCN(S(=O)(=O)c2cccc(Cl)c2)CC1)c1c[nH]c2ccccc12. The number of nitrogens with zero attached hydrogens (tertiary/aromatic N) is 2. The van der Waals surface area contributed by atoms with E-state index in [0.29, 0.717) is 36.8 Å². The number of rotatable bonds is 5. The number of hydrogen-bond donors (Lipinski definition) is 1. The molecule has 6 nitrogen and oxygen atoms in total. The van der Waals surface area contributed by atoms with Crippen molar-refractivity contribution in [2.45, 2.75) is 4.90 Å². The average Bonchev–Trinajstić information content (AvgIpc) is 3.13. The summed E-state index contributed by atoms with van der Waals surface area (Å²) in [6, 6.07) is 14.0. The van der Waals surface area contributed by atoms with E-state index < -0.39 is 10.0 Å². The minimum absolute atomic E-state index is 0.0311. The summed E-state index contributed by atoms with van der Waals surface area (Å²) in [6.07, 6.45) is 1.74. The zero-order valence-electron chi connectivity index (χ0n) is 15.1. The highest BCUT2D eigenvalue weighted by molar-refractivity contribution is 7.89. The van der Waals surface area contributed by atoms with Crippen LogP contribution in [0.5, 0.6) is 0 Å². The van der Waals surface area contributed by atoms with Crippen LogP contribution in [0.4, 0.5) is 0 Å². The molecule has 0 radical (unpaired) electrons. The number of aromatic amines is 1. The number of sulfonamides is 1. The summed E-state index contributed by atoms with van der Waals surface area (Å²) in [5.74, 6) is 0.0311. The number of Topliss-reactive ketones (excluding diaryl/α,β-unsaturated/α-hetero) is 1. The number of fused-ring (bicyclic) bond motifs is 1. The Labute approximate surface area is 168 Å². The lowest BCUT2D eigenvalue weighted by Gasteiger charge is -2.33. The van der Waals surface area contributed by atoms with Crippen molar-refractivity contribution >= 4 is 38.3 Å². The van der Waals surface area contributed by atoms with Crippen LogP contribution in [-0.2, 0) is 10.0 Å². The number of benzene rings is 2. The third-order valence-electron chi connectivity index (χ3n) is 5.02. The second-order valence-electron chi connectivity index (χ2n) is 6.81. The molecule has 8 heteroatoms. The fourth-order valence-corrected chi connectivity index (χ4v) is 5.22. The van der Waals surface area contributed by atoms with Crippen molar-refractivity contribution in [1.82, 2.24) is 14.2 Å². The predicted molar refractivity (Wildman–Crippen MR) is 109 cm³/mol. The van der Waals surface area contributed by atoms with E-state index in [1.165, 1.54) is 10.4 Å². The van der Waals surface area contributed by atoms with Crippen LogP contribution in [0.15, 0.2) is 59.6 Å². The number of para-hydroxylation sites is 1. The van der Waals surface area contributed by atoms with Crippen molar-refractivity contribution in [2.24, 2.45) is 0 Å². The Morgan fingerprint density at radius 1 is 1.04 bits per heavy atom. The third-order valence-corrected chi connectivity index (χ3v) is 7.15. The number of carbonyl (C=O) groups is 1. The minimum atomic E-state index is -3.58. The molecule has 3 aromatic rings. The largest absolute Gasteiger partial charge is 0.360 e. The first-order chi connectivity index (χ1) is 13.4. The van der Waals surface area contributed by atoms with Gasteiger partial charge in [0.05, 0.1) is 11.4 Å². The molecule has 2 heterocycles. The number of carbonyl (C=O) groups excluding carboxylic acids is 1. The van der Waals surface area contributed by atoms with Crippen molar-refractivity contribution in [2.75, 3.05) is 32.7 Å². The van der Waals surface area contributed by atoms with Crippen LogP contribution in [0, 0.1) is 0 Å². The van der Waals surface area contributed by atoms with Gasteiger partial charge in [-0.3, -0.25) is 9.69 Å². The molecule has 2 aromatic carbocycles. The van der Waals surface area contributed by atoms with Gasteiger partial charge in [0.1, 0.15) is 0 Å². The molecule has 4 rings (SSSR count). The quantitative estimate of drug-likeness (QED) is 0.647. The molecule has 1 saturated heterocycles. The van der Waals surface area contributed by atoms with E-state index in [9.17, 15) is 13.2 Å². The number of aromatic nitrogens is 1. The van der Waals surface area contributed by atoms with Crippen molar-refractivity contribution < 1.29 is 13.2 Å². The Morgan fingerprint density at radius 2 is 1.79 bits per heavy atom. The Kier molecular flexibility index (Phi) is 5.25. The number of halogens is 1. The van der Waals surface area contributed by atoms with Crippen molar-refractivity contribution in [3.63, 3.8) is 0 Å². The van der Waals surface area contributed by atoms with E-state index in [4.69, 9.17) is 11.6 Å². The molecule has 0 spiro atoms. The average molecular weight is 418 g/mol. The molecule has 1 aliphatic rings. The van der Waals surface area contributed by atoms with Crippen molar-refractivity contribution in [3.05, 3.63) is 65.3 Å². The summed E-state index contributed by atoms with van der Waals surface area (Å²) in [6.45, 7) is 1.97. The van der Waals surface area contributed by atoms with Crippen molar-refractivity contribution in [3.8, 4) is 0 Å². The van der Waals surface area contributed by atoms with E-state index in [0.717, 1.165) is 10.9 Å². The normalized spacial score (nSPS) is 16.5. The number of hydrogen-bond acceptors (Lipinski definition) is 4. The molecule has 28 heavy (non-hydrogen) atoms. The van der Waals surface area contributed by atoms with E-state index in [1.807, 2.05) is 29.2 Å². The maximum absolute atomic E-state index is 12.8. The van der Waals surface area contributed by atoms with Crippen molar-refractivity contribution in [1.29, 1.82) is 0 Å². The summed E-state index contributed by atoms with van der Waals surface area (Å²) in [5, 5.41) is 1.30. The van der Waals surface area contributed by atoms with Gasteiger partial charge in [-0.05, 0) is 24.3 Å². The van der Waals surface area contributed by atoms with Gasteiger partial charge in [-0.2, -0.15) is 4.31 Å². The zero-order chi connectivity index (χ0) is 19.7. The van der Waals surface area contributed by atoms with Gasteiger partial charge in [-0.25, -0.2) is 8.42 Å². The fraction of sp³-hybridized carbons (Fsp3) is 0.250. The van der Waals surface area contributed by atoms with Gasteiger partial charge >= 0.3 is 0 Å². The number of ketones is 1. The van der Waals surface area contributed by atoms with Gasteiger partial charge in [-0.1, -0.05) is 35.9 Å². The van der Waals surface area contributed by atoms with Crippen LogP contribution in [0.2, 0.25) is 5.02 Å². The molecule has 0 saturated carbocycles. The van der Waals surface area contributed by atoms with Gasteiger partial charge in [0.15, 0.2) is 5.78 Å². The molecule has 1 fully saturated rings. The van der Waals surface area contributed by atoms with Gasteiger partial charge in [-0.15, -0.1) is 0 Å². The molecular weight excluding hydrogens is 398 g/mol. The van der Waals surface area contributed by atoms with E-state index in [1.54, 1.807) is 24.4 Å². The highest BCUT2D eigenvalue weighted by atomic mass is 35.5. The van der Waals surface area contributed by atoms with Crippen LogP contribution in [0.25, 0.3) is 10.9 Å². The summed E-state index contributed by atoms with van der Waals surface area (Å²) in [4.78, 5) is 18.0. The lowest BCUT2D eigenvalue weighted by Crippen LogP contribution is -2.49. The first kappa shape index (κ1) is 19.1. The molecule has 0 bridgehead atoms. The summed E-state index contributed by atoms with van der Waals surface area (Å²) >= 11 is 5.93. The van der Waals surface area contributed by atoms with Gasteiger partial charge < -0.3 is 4.98 Å². The molecule has 0 unspecified atom stereocenters. The monoisotopic (exact) mass is 417 g/mol. The van der Waals surface area contributed by atoms with Crippen LogP contribution >= 0.6 is 11.6 Å². The lowest BCUT2D eigenvalue weighted by molar-refractivity contribution is 0.0903. The molecule has 1 N–H and O–H groups in total. The predicted octanol–water partition coefficient (Wildman–Crippen LogP) is 3.01. The van der Waals surface area contributed by atoms with Gasteiger partial charge in [0.2, 0.25) is 10.0 Å².